The van der Waals surface area contributed by atoms with Crippen LogP contribution in [0.1, 0.15) is 0 Å². The fourth-order valence-corrected chi connectivity index (χ4v) is 2.11. The number of aliphatic hydroxyl groups excluding tert-OH is 3. The van der Waals surface area contributed by atoms with Crippen molar-refractivity contribution in [2.75, 3.05) is 18.9 Å². The van der Waals surface area contributed by atoms with Gasteiger partial charge in [0.1, 0.15) is 28.4 Å². The summed E-state index contributed by atoms with van der Waals surface area (Å²) in [5, 5.41) is 26.2. The summed E-state index contributed by atoms with van der Waals surface area (Å²) in [6.45, 7) is -0.120. The van der Waals surface area contributed by atoms with Gasteiger partial charge in [0.15, 0.2) is 5.65 Å². The minimum absolute atomic E-state index is 0.117. The average molecular weight is 348 g/mol. The van der Waals surface area contributed by atoms with Gasteiger partial charge in [-0.3, -0.25) is 0 Å². The first kappa shape index (κ1) is 15.1. The first-order valence-electron chi connectivity index (χ1n) is 5.73. The molecule has 0 radical (unpaired) electrons. The fraction of sp³-hybridized carbons (Fsp3) is 0.500. The number of imidazole rings is 1. The number of fused-ring (bicyclic) bond motifs is 1. The maximum absolute atomic E-state index is 8.92. The van der Waals surface area contributed by atoms with E-state index in [1.165, 1.54) is 0 Å². The van der Waals surface area contributed by atoms with Gasteiger partial charge in [0.25, 0.3) is 0 Å². The highest BCUT2D eigenvalue weighted by molar-refractivity contribution is 9.10. The molecular weight excluding hydrogens is 334 g/mol. The van der Waals surface area contributed by atoms with Gasteiger partial charge in [0.05, 0.1) is 19.5 Å². The van der Waals surface area contributed by atoms with Crippen molar-refractivity contribution in [1.29, 1.82) is 0 Å². The van der Waals surface area contributed by atoms with E-state index in [2.05, 4.69) is 35.9 Å². The van der Waals surface area contributed by atoms with Crippen LogP contribution < -0.4 is 5.73 Å². The molecule has 0 aromatic carbocycles. The molecule has 10 heteroatoms. The Morgan fingerprint density at radius 1 is 1.45 bits per heavy atom. The van der Waals surface area contributed by atoms with Gasteiger partial charge in [-0.2, -0.15) is 4.98 Å². The Morgan fingerprint density at radius 3 is 2.75 bits per heavy atom. The van der Waals surface area contributed by atoms with Crippen LogP contribution in [0.4, 0.5) is 5.95 Å². The van der Waals surface area contributed by atoms with Gasteiger partial charge in [0.2, 0.25) is 5.95 Å². The van der Waals surface area contributed by atoms with E-state index in [1.54, 1.807) is 6.33 Å². The first-order chi connectivity index (χ1) is 9.52. The van der Waals surface area contributed by atoms with E-state index < -0.39 is 18.3 Å². The van der Waals surface area contributed by atoms with Crippen molar-refractivity contribution in [1.82, 2.24) is 19.9 Å². The van der Waals surface area contributed by atoms with E-state index in [9.17, 15) is 0 Å². The number of hydrogen-bond donors (Lipinski definition) is 5. The van der Waals surface area contributed by atoms with Crippen LogP contribution in [0.2, 0.25) is 0 Å². The molecule has 2 aromatic heterocycles. The molecule has 20 heavy (non-hydrogen) atoms. The van der Waals surface area contributed by atoms with Crippen LogP contribution in [0.25, 0.3) is 11.2 Å². The molecule has 6 N–H and O–H groups in total. The lowest BCUT2D eigenvalue weighted by molar-refractivity contribution is -0.00588. The molecule has 1 fully saturated rings. The number of H-pyrrole nitrogens is 1. The summed E-state index contributed by atoms with van der Waals surface area (Å²) in [5.74, 6) is 0.219. The highest BCUT2D eigenvalue weighted by atomic mass is 79.9. The van der Waals surface area contributed by atoms with Crippen molar-refractivity contribution in [2.24, 2.45) is 0 Å². The third-order valence-corrected chi connectivity index (χ3v) is 3.27. The summed E-state index contributed by atoms with van der Waals surface area (Å²) in [6.07, 6.45) is -0.805. The number of nitrogens with zero attached hydrogens (tertiary/aromatic N) is 3. The molecule has 110 valence electrons. The lowest BCUT2D eigenvalue weighted by atomic mass is 10.2. The van der Waals surface area contributed by atoms with Gasteiger partial charge < -0.3 is 30.8 Å². The zero-order valence-corrected chi connectivity index (χ0v) is 11.9. The quantitative estimate of drug-likeness (QED) is 0.403. The highest BCUT2D eigenvalue weighted by Crippen LogP contribution is 2.17. The maximum atomic E-state index is 8.92. The highest BCUT2D eigenvalue weighted by Gasteiger charge is 2.33. The van der Waals surface area contributed by atoms with Gasteiger partial charge in [0, 0.05) is 0 Å². The Kier molecular flexibility index (Phi) is 4.83. The van der Waals surface area contributed by atoms with Gasteiger partial charge in [-0.25, -0.2) is 9.97 Å². The molecule has 2 aromatic rings. The monoisotopic (exact) mass is 347 g/mol. The van der Waals surface area contributed by atoms with E-state index in [0.29, 0.717) is 10.3 Å². The number of aliphatic hydroxyl groups is 3. The van der Waals surface area contributed by atoms with E-state index in [-0.39, 0.29) is 19.2 Å². The molecule has 0 spiro atoms. The number of nitrogens with one attached hydrogen (secondary N) is 1. The average Bonchev–Trinajstić information content (AvgIpc) is 2.99. The van der Waals surface area contributed by atoms with Crippen molar-refractivity contribution in [3.63, 3.8) is 0 Å². The minimum atomic E-state index is -0.921. The third-order valence-electron chi connectivity index (χ3n) is 2.69. The van der Waals surface area contributed by atoms with Crippen LogP contribution in [0.5, 0.6) is 0 Å². The summed E-state index contributed by atoms with van der Waals surface area (Å²) in [5.41, 5.74) is 6.71. The van der Waals surface area contributed by atoms with Crippen LogP contribution >= 0.6 is 15.9 Å². The molecule has 3 rings (SSSR count). The first-order valence-corrected chi connectivity index (χ1v) is 6.53. The molecular formula is C10H14BrN5O4. The zero-order valence-electron chi connectivity index (χ0n) is 10.3. The number of nitrogens with two attached hydrogens (primary N) is 1. The van der Waals surface area contributed by atoms with Crippen LogP contribution in [0, 0.1) is 0 Å². The summed E-state index contributed by atoms with van der Waals surface area (Å²) in [4.78, 5) is 14.6. The van der Waals surface area contributed by atoms with Crippen molar-refractivity contribution >= 4 is 33.0 Å². The van der Waals surface area contributed by atoms with Crippen molar-refractivity contribution in [3.8, 4) is 0 Å². The molecule has 3 heterocycles. The van der Waals surface area contributed by atoms with Crippen LogP contribution in [0.15, 0.2) is 10.9 Å². The van der Waals surface area contributed by atoms with Gasteiger partial charge in [-0.1, -0.05) is 0 Å². The number of aromatic amines is 1. The van der Waals surface area contributed by atoms with E-state index in [4.69, 9.17) is 25.8 Å². The Hall–Kier alpha value is -1.33. The van der Waals surface area contributed by atoms with Crippen LogP contribution in [-0.4, -0.2) is 66.8 Å². The number of rotatable bonds is 1. The van der Waals surface area contributed by atoms with Gasteiger partial charge >= 0.3 is 0 Å². The number of hydrogen-bond acceptors (Lipinski definition) is 8. The number of nitrogen functional groups attached to an aromatic ring is 1. The van der Waals surface area contributed by atoms with Gasteiger partial charge in [-0.05, 0) is 15.9 Å². The largest absolute Gasteiger partial charge is 0.394 e. The second-order valence-corrected chi connectivity index (χ2v) is 4.84. The molecule has 1 aliphatic heterocycles. The molecule has 1 saturated heterocycles. The van der Waals surface area contributed by atoms with Crippen molar-refractivity contribution < 1.29 is 20.1 Å². The number of anilines is 1. The maximum Gasteiger partial charge on any atom is 0.223 e. The van der Waals surface area contributed by atoms with Crippen molar-refractivity contribution in [2.45, 2.75) is 18.3 Å². The standard InChI is InChI=1S/C5H4BrN5.C5H10O4/c6-3-2-4(9-1-8-2)11-5(7)10-3;6-1-4-5(8)3(7)2-9-4/h1H,(H3,7,8,9,10,11);3-8H,1-2H2/t;3-,4+,5-/m.0/s1. The number of ether oxygens (including phenoxy) is 1. The zero-order chi connectivity index (χ0) is 14.7. The predicted octanol–water partition coefficient (Wildman–Crippen LogP) is -1.20. The second-order valence-electron chi connectivity index (χ2n) is 4.09. The molecule has 0 bridgehead atoms. The SMILES string of the molecule is Nc1nc(Br)c2[nH]cnc2n1.OC[C@H]1OC[C@H](O)[C@@H]1O. The molecule has 0 unspecified atom stereocenters. The number of aromatic nitrogens is 4. The Bertz CT molecular complexity index is 580. The molecule has 0 saturated carbocycles. The molecule has 0 aliphatic carbocycles. The fourth-order valence-electron chi connectivity index (χ4n) is 1.64. The summed E-state index contributed by atoms with van der Waals surface area (Å²) in [7, 11) is 0. The van der Waals surface area contributed by atoms with Crippen LogP contribution in [0.3, 0.4) is 0 Å². The number of halogens is 1. The summed E-state index contributed by atoms with van der Waals surface area (Å²) >= 11 is 3.22. The normalized spacial score (nSPS) is 25.5. The van der Waals surface area contributed by atoms with Crippen molar-refractivity contribution in [3.05, 3.63) is 10.9 Å². The minimum Gasteiger partial charge on any atom is -0.394 e. The second kappa shape index (κ2) is 6.41. The molecule has 9 nitrogen and oxygen atoms in total. The summed E-state index contributed by atoms with van der Waals surface area (Å²) in [6, 6.07) is 0. The van der Waals surface area contributed by atoms with Gasteiger partial charge in [-0.15, -0.1) is 0 Å². The third kappa shape index (κ3) is 3.22. The lowest BCUT2D eigenvalue weighted by Gasteiger charge is -2.10. The summed E-state index contributed by atoms with van der Waals surface area (Å²) < 4.78 is 5.41. The Morgan fingerprint density at radius 2 is 2.20 bits per heavy atom. The van der Waals surface area contributed by atoms with E-state index >= 15 is 0 Å². The molecule has 3 atom stereocenters. The molecule has 0 amide bonds. The van der Waals surface area contributed by atoms with E-state index in [1.807, 2.05) is 0 Å². The smallest absolute Gasteiger partial charge is 0.223 e. The predicted molar refractivity (Wildman–Crippen MR) is 72.6 cm³/mol. The Labute approximate surface area is 122 Å². The van der Waals surface area contributed by atoms with E-state index in [0.717, 1.165) is 5.52 Å². The molecule has 1 aliphatic rings. The Balaban J connectivity index is 0.000000151. The lowest BCUT2D eigenvalue weighted by Crippen LogP contribution is -2.31. The van der Waals surface area contributed by atoms with Crippen LogP contribution in [-0.2, 0) is 4.74 Å². The topological polar surface area (TPSA) is 150 Å².